The molecule has 30 heavy (non-hydrogen) atoms. The molecule has 8 nitrogen and oxygen atoms in total. The lowest BCUT2D eigenvalue weighted by molar-refractivity contribution is -0.116. The highest BCUT2D eigenvalue weighted by Crippen LogP contribution is 2.33. The van der Waals surface area contributed by atoms with Crippen molar-refractivity contribution in [1.82, 2.24) is 15.0 Å². The van der Waals surface area contributed by atoms with Crippen LogP contribution in [0.2, 0.25) is 0 Å². The van der Waals surface area contributed by atoms with Gasteiger partial charge in [0.2, 0.25) is 5.91 Å². The summed E-state index contributed by atoms with van der Waals surface area (Å²) in [5.41, 5.74) is 6.94. The van der Waals surface area contributed by atoms with E-state index in [0.717, 1.165) is 16.9 Å². The van der Waals surface area contributed by atoms with Crippen LogP contribution in [0.1, 0.15) is 25.8 Å². The molecule has 3 rings (SSSR count). The molecular formula is C20H26N6O2S2. The number of primary amides is 1. The van der Waals surface area contributed by atoms with Crippen molar-refractivity contribution < 1.29 is 9.90 Å². The first kappa shape index (κ1) is 22.3. The van der Waals surface area contributed by atoms with Crippen LogP contribution in [0.3, 0.4) is 0 Å². The average Bonchev–Trinajstić information content (AvgIpc) is 3.14. The quantitative estimate of drug-likeness (QED) is 0.261. The van der Waals surface area contributed by atoms with E-state index in [1.807, 2.05) is 18.2 Å². The SMILES string of the molecule is CC(C)CC(CO)Nc1nc(SCc2ccccc2)nc2nc(NCC(N)=O)sc12. The fourth-order valence-electron chi connectivity index (χ4n) is 2.87. The van der Waals surface area contributed by atoms with Crippen molar-refractivity contribution in [2.75, 3.05) is 23.8 Å². The zero-order valence-electron chi connectivity index (χ0n) is 17.0. The Labute approximate surface area is 183 Å². The number of amides is 1. The molecule has 0 aliphatic rings. The number of thiazole rings is 1. The Morgan fingerprint density at radius 1 is 1.23 bits per heavy atom. The first-order valence-corrected chi connectivity index (χ1v) is 11.5. The molecule has 1 unspecified atom stereocenters. The third-order valence-corrected chi connectivity index (χ3v) is 6.10. The summed E-state index contributed by atoms with van der Waals surface area (Å²) in [5.74, 6) is 1.33. The summed E-state index contributed by atoms with van der Waals surface area (Å²) in [7, 11) is 0. The smallest absolute Gasteiger partial charge is 0.236 e. The highest BCUT2D eigenvalue weighted by Gasteiger charge is 2.18. The third kappa shape index (κ3) is 6.28. The first-order valence-electron chi connectivity index (χ1n) is 9.69. The normalized spacial score (nSPS) is 12.3. The fourth-order valence-corrected chi connectivity index (χ4v) is 4.52. The molecule has 0 aliphatic carbocycles. The van der Waals surface area contributed by atoms with Gasteiger partial charge in [0.25, 0.3) is 0 Å². The van der Waals surface area contributed by atoms with E-state index in [9.17, 15) is 9.90 Å². The van der Waals surface area contributed by atoms with Crippen molar-refractivity contribution in [2.24, 2.45) is 11.7 Å². The Bertz CT molecular complexity index is 980. The Balaban J connectivity index is 1.89. The molecule has 1 amide bonds. The largest absolute Gasteiger partial charge is 0.394 e. The molecule has 0 radical (unpaired) electrons. The number of fused-ring (bicyclic) bond motifs is 1. The second-order valence-electron chi connectivity index (χ2n) is 7.27. The summed E-state index contributed by atoms with van der Waals surface area (Å²) in [4.78, 5) is 24.9. The lowest BCUT2D eigenvalue weighted by Crippen LogP contribution is -2.26. The van der Waals surface area contributed by atoms with Gasteiger partial charge in [0.15, 0.2) is 21.8 Å². The van der Waals surface area contributed by atoms with E-state index in [1.165, 1.54) is 28.7 Å². The number of anilines is 2. The molecule has 0 saturated heterocycles. The Kier molecular flexibility index (Phi) is 7.83. The predicted octanol–water partition coefficient (Wildman–Crippen LogP) is 3.09. The Hall–Kier alpha value is -2.43. The van der Waals surface area contributed by atoms with Crippen LogP contribution in [0, 0.1) is 5.92 Å². The molecule has 1 aromatic carbocycles. The number of aliphatic hydroxyl groups is 1. The average molecular weight is 447 g/mol. The van der Waals surface area contributed by atoms with Crippen LogP contribution in [0.25, 0.3) is 10.3 Å². The maximum atomic E-state index is 11.1. The zero-order chi connectivity index (χ0) is 21.5. The number of nitrogens with one attached hydrogen (secondary N) is 2. The minimum atomic E-state index is -0.463. The standard InChI is InChI=1S/C20H26N6O2S2/c1-12(2)8-14(10-27)23-17-16-18(24-19(30-16)22-9-15(21)28)26-20(25-17)29-11-13-6-4-3-5-7-13/h3-7,12,14,27H,8-11H2,1-2H3,(H2,21,28)(H2,22,23,24,25,26). The van der Waals surface area contributed by atoms with Crippen molar-refractivity contribution in [2.45, 2.75) is 37.2 Å². The van der Waals surface area contributed by atoms with Crippen molar-refractivity contribution in [1.29, 1.82) is 0 Å². The summed E-state index contributed by atoms with van der Waals surface area (Å²) in [6.45, 7) is 4.22. The maximum Gasteiger partial charge on any atom is 0.236 e. The van der Waals surface area contributed by atoms with Gasteiger partial charge in [-0.1, -0.05) is 67.3 Å². The van der Waals surface area contributed by atoms with Crippen molar-refractivity contribution in [3.63, 3.8) is 0 Å². The highest BCUT2D eigenvalue weighted by atomic mass is 32.2. The van der Waals surface area contributed by atoms with Gasteiger partial charge in [-0.25, -0.2) is 9.97 Å². The number of hydrogen-bond donors (Lipinski definition) is 4. The van der Waals surface area contributed by atoms with Crippen LogP contribution in [0.4, 0.5) is 10.9 Å². The molecule has 0 fully saturated rings. The monoisotopic (exact) mass is 446 g/mol. The molecule has 0 spiro atoms. The van der Waals surface area contributed by atoms with Gasteiger partial charge < -0.3 is 21.5 Å². The number of aromatic nitrogens is 3. The van der Waals surface area contributed by atoms with E-state index in [0.29, 0.717) is 27.7 Å². The molecule has 0 aliphatic heterocycles. The zero-order valence-corrected chi connectivity index (χ0v) is 18.6. The molecule has 3 aromatic rings. The van der Waals surface area contributed by atoms with Crippen molar-refractivity contribution >= 4 is 50.3 Å². The van der Waals surface area contributed by atoms with Gasteiger partial charge >= 0.3 is 0 Å². The second kappa shape index (κ2) is 10.6. The third-order valence-electron chi connectivity index (χ3n) is 4.18. The number of rotatable bonds is 11. The summed E-state index contributed by atoms with van der Waals surface area (Å²) in [6.07, 6.45) is 0.806. The highest BCUT2D eigenvalue weighted by molar-refractivity contribution is 7.98. The summed E-state index contributed by atoms with van der Waals surface area (Å²) in [5, 5.41) is 17.2. The van der Waals surface area contributed by atoms with E-state index in [4.69, 9.17) is 10.7 Å². The number of thioether (sulfide) groups is 1. The maximum absolute atomic E-state index is 11.1. The van der Waals surface area contributed by atoms with Crippen LogP contribution in [-0.4, -0.2) is 45.2 Å². The van der Waals surface area contributed by atoms with Gasteiger partial charge in [-0.2, -0.15) is 4.98 Å². The fraction of sp³-hybridized carbons (Fsp3) is 0.400. The molecule has 1 atom stereocenters. The molecule has 0 saturated carbocycles. The summed E-state index contributed by atoms with van der Waals surface area (Å²) >= 11 is 2.88. The van der Waals surface area contributed by atoms with Crippen molar-refractivity contribution in [3.8, 4) is 0 Å². The summed E-state index contributed by atoms with van der Waals surface area (Å²) < 4.78 is 0.772. The molecule has 2 aromatic heterocycles. The number of carbonyl (C=O) groups excluding carboxylic acids is 1. The summed E-state index contributed by atoms with van der Waals surface area (Å²) in [6, 6.07) is 9.98. The topological polar surface area (TPSA) is 126 Å². The van der Waals surface area contributed by atoms with Crippen molar-refractivity contribution in [3.05, 3.63) is 35.9 Å². The predicted molar refractivity (Wildman–Crippen MR) is 123 cm³/mol. The number of benzene rings is 1. The number of hydrogen-bond acceptors (Lipinski definition) is 9. The first-order chi connectivity index (χ1) is 14.4. The van der Waals surface area contributed by atoms with Gasteiger partial charge in [-0.3, -0.25) is 4.79 Å². The molecule has 2 heterocycles. The van der Waals surface area contributed by atoms with Crippen LogP contribution in [0.5, 0.6) is 0 Å². The molecular weight excluding hydrogens is 420 g/mol. The van der Waals surface area contributed by atoms with E-state index in [-0.39, 0.29) is 19.2 Å². The number of nitrogens with two attached hydrogens (primary N) is 1. The lowest BCUT2D eigenvalue weighted by Gasteiger charge is -2.19. The molecule has 0 bridgehead atoms. The van der Waals surface area contributed by atoms with Crippen LogP contribution in [0.15, 0.2) is 35.5 Å². The van der Waals surface area contributed by atoms with Gasteiger partial charge in [0.05, 0.1) is 19.2 Å². The van der Waals surface area contributed by atoms with E-state index in [2.05, 4.69) is 46.6 Å². The minimum absolute atomic E-state index is 0.00174. The van der Waals surface area contributed by atoms with Gasteiger partial charge in [-0.15, -0.1) is 0 Å². The van der Waals surface area contributed by atoms with E-state index < -0.39 is 5.91 Å². The van der Waals surface area contributed by atoms with Gasteiger partial charge in [-0.05, 0) is 17.9 Å². The molecule has 10 heteroatoms. The van der Waals surface area contributed by atoms with Gasteiger partial charge in [0, 0.05) is 5.75 Å². The van der Waals surface area contributed by atoms with E-state index in [1.54, 1.807) is 0 Å². The van der Waals surface area contributed by atoms with Gasteiger partial charge in [0.1, 0.15) is 4.70 Å². The lowest BCUT2D eigenvalue weighted by atomic mass is 10.0. The number of aliphatic hydroxyl groups excluding tert-OH is 1. The Morgan fingerprint density at radius 2 is 2.00 bits per heavy atom. The number of nitrogens with zero attached hydrogens (tertiary/aromatic N) is 3. The molecule has 160 valence electrons. The van der Waals surface area contributed by atoms with Crippen LogP contribution >= 0.6 is 23.1 Å². The van der Waals surface area contributed by atoms with Crippen LogP contribution in [-0.2, 0) is 10.5 Å². The minimum Gasteiger partial charge on any atom is -0.394 e. The number of carbonyl (C=O) groups is 1. The Morgan fingerprint density at radius 3 is 2.67 bits per heavy atom. The molecule has 5 N–H and O–H groups in total. The second-order valence-corrected chi connectivity index (χ2v) is 9.22. The van der Waals surface area contributed by atoms with E-state index >= 15 is 0 Å². The van der Waals surface area contributed by atoms with Crippen LogP contribution < -0.4 is 16.4 Å².